The van der Waals surface area contributed by atoms with Gasteiger partial charge in [0.05, 0.1) is 0 Å². The summed E-state index contributed by atoms with van der Waals surface area (Å²) in [7, 11) is 0. The van der Waals surface area contributed by atoms with Crippen molar-refractivity contribution in [3.8, 4) is 0 Å². The number of ketones is 2. The van der Waals surface area contributed by atoms with Gasteiger partial charge in [0, 0.05) is 77.8 Å². The number of carbonyl (C=O) groups excluding carboxylic acids is 2. The van der Waals surface area contributed by atoms with E-state index >= 15 is 0 Å². The topological polar surface area (TPSA) is 98.7 Å². The Kier molecular flexibility index (Phi) is 16.7. The molecule has 0 unspecified atom stereocenters. The third kappa shape index (κ3) is 14.1. The van der Waals surface area contributed by atoms with E-state index in [0.717, 1.165) is 25.9 Å². The van der Waals surface area contributed by atoms with Crippen molar-refractivity contribution >= 4 is 54.8 Å². The van der Waals surface area contributed by atoms with E-state index in [-0.39, 0.29) is 45.5 Å². The molecule has 0 fully saturated rings. The van der Waals surface area contributed by atoms with Crippen molar-refractivity contribution in [3.05, 3.63) is 92.7 Å². The van der Waals surface area contributed by atoms with Gasteiger partial charge in [0.1, 0.15) is 0 Å². The normalized spacial score (nSPS) is 16.5. The molecule has 2 aliphatic carbocycles. The van der Waals surface area contributed by atoms with Crippen molar-refractivity contribution in [2.75, 3.05) is 10.6 Å². The summed E-state index contributed by atoms with van der Waals surface area (Å²) in [6.07, 6.45) is 13.0. The fourth-order valence-electron chi connectivity index (χ4n) is 2.45. The number of anilines is 2. The van der Waals surface area contributed by atoms with Gasteiger partial charge >= 0.3 is 0 Å². The summed E-state index contributed by atoms with van der Waals surface area (Å²) < 4.78 is 1.69. The average Bonchev–Trinajstić information content (AvgIpc) is 2.75. The Morgan fingerprint density at radius 1 is 0.778 bits per heavy atom. The van der Waals surface area contributed by atoms with Crippen LogP contribution in [-0.2, 0) is 31.3 Å². The summed E-state index contributed by atoms with van der Waals surface area (Å²) >= 11 is 6.74. The van der Waals surface area contributed by atoms with E-state index in [1.165, 1.54) is 12.2 Å². The van der Waals surface area contributed by atoms with E-state index < -0.39 is 0 Å². The van der Waals surface area contributed by atoms with Gasteiger partial charge in [0.25, 0.3) is 0 Å². The maximum absolute atomic E-state index is 11.9. The van der Waals surface area contributed by atoms with Crippen LogP contribution in [0.3, 0.4) is 0 Å². The van der Waals surface area contributed by atoms with Crippen molar-refractivity contribution < 1.29 is 41.5 Å². The van der Waals surface area contributed by atoms with Crippen LogP contribution < -0.4 is 10.6 Å². The molecule has 2 aliphatic rings. The van der Waals surface area contributed by atoms with Crippen LogP contribution >= 0.6 is 31.9 Å². The molecule has 0 atom stereocenters. The number of nitrogens with one attached hydrogen (secondary N) is 2. The minimum absolute atomic E-state index is 0. The summed E-state index contributed by atoms with van der Waals surface area (Å²) in [5.74, 6) is -0.106. The number of aliphatic hydroxyl groups excluding tert-OH is 2. The Labute approximate surface area is 245 Å². The van der Waals surface area contributed by atoms with Crippen LogP contribution in [0.2, 0.25) is 0 Å². The first-order chi connectivity index (χ1) is 16.4. The molecule has 1 aromatic carbocycles. The Morgan fingerprint density at radius 3 is 1.64 bits per heavy atom. The second kappa shape index (κ2) is 17.6. The smallest absolute Gasteiger partial charge is 0.187 e. The number of carbonyl (C=O) groups is 2. The molecule has 4 N–H and O–H groups in total. The summed E-state index contributed by atoms with van der Waals surface area (Å²) in [6, 6.07) is 5.81. The molecular weight excluding hydrogens is 624 g/mol. The Balaban J connectivity index is 0.00000119. The van der Waals surface area contributed by atoms with E-state index in [1.807, 2.05) is 25.1 Å². The SMILES string of the molecule is CC(C)O.CC(C)O.Cc1ccc(N/C=C2\C=C(Br)C=CC2=O)cc1N/C=C1\C=C(Br)C=CC1=O.[Ti]. The summed E-state index contributed by atoms with van der Waals surface area (Å²) in [5, 5.41) is 22.4. The van der Waals surface area contributed by atoms with Gasteiger partial charge < -0.3 is 20.8 Å². The Morgan fingerprint density at radius 2 is 1.19 bits per heavy atom. The summed E-state index contributed by atoms with van der Waals surface area (Å²) in [6.45, 7) is 8.87. The minimum atomic E-state index is -0.167. The molecule has 0 spiro atoms. The van der Waals surface area contributed by atoms with E-state index in [1.54, 1.807) is 64.4 Å². The number of aliphatic hydroxyl groups is 2. The molecule has 1 aromatic rings. The molecular formula is C27H32Br2N2O4Ti. The number of halogens is 2. The molecule has 0 saturated carbocycles. The number of allylic oxidation sites excluding steroid dienone is 10. The zero-order valence-electron chi connectivity index (χ0n) is 21.0. The molecule has 9 heteroatoms. The van der Waals surface area contributed by atoms with Gasteiger partial charge in [-0.15, -0.1) is 0 Å². The van der Waals surface area contributed by atoms with E-state index in [9.17, 15) is 9.59 Å². The molecule has 0 aromatic heterocycles. The third-order valence-corrected chi connectivity index (χ3v) is 4.95. The van der Waals surface area contributed by atoms with Gasteiger partial charge in [-0.05, 0) is 88.8 Å². The Hall–Kier alpha value is -1.81. The molecule has 0 aliphatic heterocycles. The predicted molar refractivity (Wildman–Crippen MR) is 152 cm³/mol. The molecule has 0 radical (unpaired) electrons. The molecule has 192 valence electrons. The quantitative estimate of drug-likeness (QED) is 0.228. The summed E-state index contributed by atoms with van der Waals surface area (Å²) in [4.78, 5) is 23.8. The average molecular weight is 656 g/mol. The van der Waals surface area contributed by atoms with Crippen molar-refractivity contribution in [2.24, 2.45) is 0 Å². The largest absolute Gasteiger partial charge is 0.394 e. The zero-order chi connectivity index (χ0) is 26.5. The van der Waals surface area contributed by atoms with Gasteiger partial charge in [-0.25, -0.2) is 0 Å². The first-order valence-electron chi connectivity index (χ1n) is 11.0. The third-order valence-electron chi connectivity index (χ3n) is 3.96. The van der Waals surface area contributed by atoms with Crippen molar-refractivity contribution in [1.29, 1.82) is 0 Å². The molecule has 6 nitrogen and oxygen atoms in total. The predicted octanol–water partition coefficient (Wildman–Crippen LogP) is 6.19. The van der Waals surface area contributed by atoms with Crippen LogP contribution in [0, 0.1) is 6.92 Å². The first kappa shape index (κ1) is 34.2. The second-order valence-electron chi connectivity index (χ2n) is 8.16. The van der Waals surface area contributed by atoms with Gasteiger partial charge in [-0.3, -0.25) is 9.59 Å². The maximum Gasteiger partial charge on any atom is 0.187 e. The van der Waals surface area contributed by atoms with Crippen LogP contribution in [0.15, 0.2) is 87.2 Å². The number of benzene rings is 1. The Bertz CT molecular complexity index is 1090. The zero-order valence-corrected chi connectivity index (χ0v) is 25.7. The molecule has 0 amide bonds. The molecule has 36 heavy (non-hydrogen) atoms. The minimum Gasteiger partial charge on any atom is -0.394 e. The van der Waals surface area contributed by atoms with Gasteiger partial charge in [0.15, 0.2) is 11.6 Å². The second-order valence-corrected chi connectivity index (χ2v) is 9.99. The van der Waals surface area contributed by atoms with Crippen LogP contribution in [-0.4, -0.2) is 34.0 Å². The molecule has 0 bridgehead atoms. The van der Waals surface area contributed by atoms with Crippen LogP contribution in [0.4, 0.5) is 11.4 Å². The van der Waals surface area contributed by atoms with Crippen LogP contribution in [0.5, 0.6) is 0 Å². The molecule has 0 saturated heterocycles. The van der Waals surface area contributed by atoms with E-state index in [2.05, 4.69) is 42.5 Å². The van der Waals surface area contributed by atoms with Gasteiger partial charge in [-0.2, -0.15) is 0 Å². The monoisotopic (exact) mass is 654 g/mol. The van der Waals surface area contributed by atoms with Gasteiger partial charge in [0.2, 0.25) is 0 Å². The number of hydrogen-bond acceptors (Lipinski definition) is 6. The van der Waals surface area contributed by atoms with E-state index in [0.29, 0.717) is 11.1 Å². The fourth-order valence-corrected chi connectivity index (χ4v) is 3.21. The number of aryl methyl sites for hydroxylation is 1. The number of hydrogen-bond donors (Lipinski definition) is 4. The first-order valence-corrected chi connectivity index (χ1v) is 12.6. The molecule has 0 heterocycles. The van der Waals surface area contributed by atoms with Crippen molar-refractivity contribution in [3.63, 3.8) is 0 Å². The van der Waals surface area contributed by atoms with Crippen molar-refractivity contribution in [2.45, 2.75) is 46.8 Å². The van der Waals surface area contributed by atoms with Crippen LogP contribution in [0.25, 0.3) is 0 Å². The van der Waals surface area contributed by atoms with Gasteiger partial charge in [-0.1, -0.05) is 37.9 Å². The maximum atomic E-state index is 11.9. The number of rotatable bonds is 4. The van der Waals surface area contributed by atoms with Crippen molar-refractivity contribution in [1.82, 2.24) is 0 Å². The fraction of sp³-hybridized carbons (Fsp3) is 0.259. The molecule has 3 rings (SSSR count). The van der Waals surface area contributed by atoms with Crippen LogP contribution in [0.1, 0.15) is 33.3 Å². The van der Waals surface area contributed by atoms with E-state index in [4.69, 9.17) is 10.2 Å². The summed E-state index contributed by atoms with van der Waals surface area (Å²) in [5.41, 5.74) is 3.86. The standard InChI is InChI=1S/C21H16Br2N2O2.2C3H8O.Ti/c1-13-2-5-18(24-11-14-8-16(22)3-6-20(14)26)10-19(13)25-12-15-9-17(23)4-7-21(15)27;2*1-3(2)4;/h2-12,24-25H,1H3;2*3-4H,1-2H3;/b14-11+,15-12+;;;.